The minimum atomic E-state index is -3.55. The fourth-order valence-electron chi connectivity index (χ4n) is 4.03. The molecule has 1 aliphatic rings. The van der Waals surface area contributed by atoms with Crippen molar-refractivity contribution < 1.29 is 13.2 Å². The largest absolute Gasteiger partial charge is 0.325 e. The van der Waals surface area contributed by atoms with Gasteiger partial charge < -0.3 is 5.32 Å². The van der Waals surface area contributed by atoms with E-state index < -0.39 is 15.9 Å². The van der Waals surface area contributed by atoms with E-state index in [1.54, 1.807) is 24.3 Å². The Balaban J connectivity index is 1.46. The number of fused-ring (bicyclic) bond motifs is 1. The van der Waals surface area contributed by atoms with Gasteiger partial charge in [0.1, 0.15) is 6.54 Å². The maximum absolute atomic E-state index is 12.9. The number of anilines is 1. The summed E-state index contributed by atoms with van der Waals surface area (Å²) in [6, 6.07) is 11.5. The van der Waals surface area contributed by atoms with Crippen molar-refractivity contribution in [3.8, 4) is 0 Å². The molecule has 2 heterocycles. The number of para-hydroxylation sites is 1. The molecule has 8 nitrogen and oxygen atoms in total. The molecule has 1 aromatic heterocycles. The lowest BCUT2D eigenvalue weighted by Crippen LogP contribution is -2.39. The first-order chi connectivity index (χ1) is 15.3. The maximum Gasteiger partial charge on any atom is 0.261 e. The third-order valence-corrected chi connectivity index (χ3v) is 7.64. The summed E-state index contributed by atoms with van der Waals surface area (Å²) < 4.78 is 28.5. The molecule has 0 radical (unpaired) electrons. The number of carbonyl (C=O) groups excluding carboxylic acids is 1. The van der Waals surface area contributed by atoms with Gasteiger partial charge in [0.2, 0.25) is 15.9 Å². The van der Waals surface area contributed by atoms with Gasteiger partial charge >= 0.3 is 0 Å². The van der Waals surface area contributed by atoms with E-state index >= 15 is 0 Å². The highest BCUT2D eigenvalue weighted by molar-refractivity contribution is 7.89. The van der Waals surface area contributed by atoms with Gasteiger partial charge in [-0.25, -0.2) is 13.4 Å². The quantitative estimate of drug-likeness (QED) is 0.639. The highest BCUT2D eigenvalue weighted by Gasteiger charge is 2.28. The zero-order valence-corrected chi connectivity index (χ0v) is 18.9. The molecule has 168 valence electrons. The summed E-state index contributed by atoms with van der Waals surface area (Å²) in [5, 5.41) is 3.17. The van der Waals surface area contributed by atoms with Gasteiger partial charge in [-0.05, 0) is 61.6 Å². The number of sulfonamides is 1. The first-order valence-corrected chi connectivity index (χ1v) is 12.0. The molecule has 1 aliphatic heterocycles. The molecule has 3 aromatic rings. The van der Waals surface area contributed by atoms with Gasteiger partial charge in [-0.2, -0.15) is 4.31 Å². The van der Waals surface area contributed by atoms with Crippen molar-refractivity contribution in [1.29, 1.82) is 0 Å². The summed E-state index contributed by atoms with van der Waals surface area (Å²) in [6.07, 6.45) is 3.26. The van der Waals surface area contributed by atoms with Crippen LogP contribution in [0.1, 0.15) is 25.3 Å². The smallest absolute Gasteiger partial charge is 0.261 e. The lowest BCUT2D eigenvalue weighted by atomic mass is 10.0. The maximum atomic E-state index is 12.9. The number of piperidine rings is 1. The van der Waals surface area contributed by atoms with Crippen LogP contribution in [0.2, 0.25) is 0 Å². The zero-order valence-electron chi connectivity index (χ0n) is 18.1. The van der Waals surface area contributed by atoms with Crippen LogP contribution in [-0.2, 0) is 21.4 Å². The van der Waals surface area contributed by atoms with Crippen molar-refractivity contribution in [3.05, 3.63) is 64.7 Å². The van der Waals surface area contributed by atoms with Gasteiger partial charge in [-0.1, -0.05) is 19.1 Å². The van der Waals surface area contributed by atoms with E-state index in [2.05, 4.69) is 17.2 Å². The van der Waals surface area contributed by atoms with Crippen molar-refractivity contribution in [2.45, 2.75) is 38.1 Å². The average molecular weight is 455 g/mol. The molecule has 1 atom stereocenters. The van der Waals surface area contributed by atoms with Crippen molar-refractivity contribution in [1.82, 2.24) is 13.9 Å². The molecule has 0 saturated carbocycles. The second-order valence-corrected chi connectivity index (χ2v) is 10.3. The van der Waals surface area contributed by atoms with Gasteiger partial charge in [0.15, 0.2) is 0 Å². The first-order valence-electron chi connectivity index (χ1n) is 10.6. The number of benzene rings is 2. The SMILES string of the molecule is Cc1cccc2c(=O)n(CC(=O)Nc3ccc(S(=O)(=O)N4CCCC(C)C4)cc3)cnc12. The van der Waals surface area contributed by atoms with Crippen LogP contribution in [0, 0.1) is 12.8 Å². The molecule has 1 amide bonds. The third-order valence-electron chi connectivity index (χ3n) is 5.76. The Labute approximate surface area is 186 Å². The molecule has 1 unspecified atom stereocenters. The fraction of sp³-hybridized carbons (Fsp3) is 0.348. The predicted molar refractivity (Wildman–Crippen MR) is 123 cm³/mol. The Morgan fingerprint density at radius 2 is 1.94 bits per heavy atom. The molecular formula is C23H26N4O4S. The lowest BCUT2D eigenvalue weighted by molar-refractivity contribution is -0.116. The van der Waals surface area contributed by atoms with E-state index in [1.807, 2.05) is 13.0 Å². The Bertz CT molecular complexity index is 1320. The number of hydrogen-bond acceptors (Lipinski definition) is 5. The number of hydrogen-bond donors (Lipinski definition) is 1. The standard InChI is InChI=1S/C23H26N4O4S/c1-16-5-4-12-27(13-16)32(30,31)19-10-8-18(9-11-19)25-21(28)14-26-15-24-22-17(2)6-3-7-20(22)23(26)29/h3,6-11,15-16H,4-5,12-14H2,1-2H3,(H,25,28). The van der Waals surface area contributed by atoms with Gasteiger partial charge in [0, 0.05) is 18.8 Å². The van der Waals surface area contributed by atoms with E-state index in [9.17, 15) is 18.0 Å². The fourth-order valence-corrected chi connectivity index (χ4v) is 5.63. The summed E-state index contributed by atoms with van der Waals surface area (Å²) in [6.45, 7) is 4.79. The normalized spacial score (nSPS) is 17.4. The van der Waals surface area contributed by atoms with Gasteiger partial charge in [-0.15, -0.1) is 0 Å². The Morgan fingerprint density at radius 3 is 2.66 bits per heavy atom. The van der Waals surface area contributed by atoms with Crippen LogP contribution in [0.5, 0.6) is 0 Å². The van der Waals surface area contributed by atoms with Crippen molar-refractivity contribution in [3.63, 3.8) is 0 Å². The van der Waals surface area contributed by atoms with E-state index in [-0.39, 0.29) is 17.0 Å². The van der Waals surface area contributed by atoms with Gasteiger partial charge in [-0.3, -0.25) is 14.2 Å². The molecular weight excluding hydrogens is 428 g/mol. The van der Waals surface area contributed by atoms with Crippen molar-refractivity contribution in [2.24, 2.45) is 5.92 Å². The van der Waals surface area contributed by atoms with E-state index in [4.69, 9.17) is 0 Å². The highest BCUT2D eigenvalue weighted by atomic mass is 32.2. The molecule has 1 fully saturated rings. The summed E-state index contributed by atoms with van der Waals surface area (Å²) in [5.41, 5.74) is 1.68. The molecule has 2 aromatic carbocycles. The highest BCUT2D eigenvalue weighted by Crippen LogP contribution is 2.24. The minimum absolute atomic E-state index is 0.193. The molecule has 9 heteroatoms. The second kappa shape index (κ2) is 8.84. The molecule has 1 N–H and O–H groups in total. The molecule has 0 bridgehead atoms. The summed E-state index contributed by atoms with van der Waals surface area (Å²) in [5.74, 6) is -0.0598. The van der Waals surface area contributed by atoms with Crippen molar-refractivity contribution >= 4 is 32.5 Å². The number of carbonyl (C=O) groups is 1. The predicted octanol–water partition coefficient (Wildman–Crippen LogP) is 2.76. The number of amides is 1. The van der Waals surface area contributed by atoms with Crippen LogP contribution in [0.4, 0.5) is 5.69 Å². The Morgan fingerprint density at radius 1 is 1.19 bits per heavy atom. The Kier molecular flexibility index (Phi) is 6.12. The van der Waals surface area contributed by atoms with Crippen LogP contribution < -0.4 is 10.9 Å². The Hall–Kier alpha value is -3.04. The topological polar surface area (TPSA) is 101 Å². The summed E-state index contributed by atoms with van der Waals surface area (Å²) in [7, 11) is -3.55. The monoisotopic (exact) mass is 454 g/mol. The zero-order chi connectivity index (χ0) is 22.9. The van der Waals surface area contributed by atoms with Gasteiger partial charge in [0.25, 0.3) is 5.56 Å². The number of aromatic nitrogens is 2. The summed E-state index contributed by atoms with van der Waals surface area (Å²) >= 11 is 0. The molecule has 0 spiro atoms. The molecule has 32 heavy (non-hydrogen) atoms. The molecule has 0 aliphatic carbocycles. The van der Waals surface area contributed by atoms with Crippen molar-refractivity contribution in [2.75, 3.05) is 18.4 Å². The van der Waals surface area contributed by atoms with E-state index in [0.717, 1.165) is 18.4 Å². The van der Waals surface area contributed by atoms with Crippen LogP contribution in [0.3, 0.4) is 0 Å². The van der Waals surface area contributed by atoms with E-state index in [1.165, 1.54) is 27.3 Å². The lowest BCUT2D eigenvalue weighted by Gasteiger charge is -2.30. The van der Waals surface area contributed by atoms with Crippen LogP contribution in [-0.4, -0.2) is 41.3 Å². The minimum Gasteiger partial charge on any atom is -0.325 e. The number of aryl methyl sites for hydroxylation is 1. The first kappa shape index (κ1) is 22.2. The van der Waals surface area contributed by atoms with E-state index in [0.29, 0.717) is 35.6 Å². The van der Waals surface area contributed by atoms with Crippen LogP contribution >= 0.6 is 0 Å². The third kappa shape index (κ3) is 4.44. The molecule has 4 rings (SSSR count). The average Bonchev–Trinajstić information content (AvgIpc) is 2.76. The molecule has 1 saturated heterocycles. The number of rotatable bonds is 5. The summed E-state index contributed by atoms with van der Waals surface area (Å²) in [4.78, 5) is 29.7. The van der Waals surface area contributed by atoms with Crippen LogP contribution in [0.25, 0.3) is 10.9 Å². The van der Waals surface area contributed by atoms with Gasteiger partial charge in [0.05, 0.1) is 22.1 Å². The number of nitrogens with zero attached hydrogens (tertiary/aromatic N) is 3. The van der Waals surface area contributed by atoms with Crippen LogP contribution in [0.15, 0.2) is 58.5 Å². The second-order valence-electron chi connectivity index (χ2n) is 8.33. The number of nitrogens with one attached hydrogen (secondary N) is 1.